The number of hydrogen-bond acceptors (Lipinski definition) is 1. The van der Waals surface area contributed by atoms with E-state index in [1.165, 1.54) is 38.5 Å². The number of hydrogen-bond donors (Lipinski definition) is 2. The van der Waals surface area contributed by atoms with Crippen LogP contribution in [0.5, 0.6) is 0 Å². The molecule has 2 N–H and O–H groups in total. The summed E-state index contributed by atoms with van der Waals surface area (Å²) in [7, 11) is 1.85. The van der Waals surface area contributed by atoms with Gasteiger partial charge in [-0.05, 0) is 44.4 Å². The zero-order valence-electron chi connectivity index (χ0n) is 11.1. The molecule has 0 saturated heterocycles. The summed E-state index contributed by atoms with van der Waals surface area (Å²) in [6, 6.07) is 0.648. The highest BCUT2D eigenvalue weighted by Crippen LogP contribution is 2.28. The van der Waals surface area contributed by atoms with Crippen molar-refractivity contribution < 1.29 is 0 Å². The summed E-state index contributed by atoms with van der Waals surface area (Å²) < 4.78 is 0. The Labute approximate surface area is 105 Å². The topological polar surface area (TPSA) is 36.4 Å². The maximum Gasteiger partial charge on any atom is 0.191 e. The molecule has 2 aliphatic rings. The highest BCUT2D eigenvalue weighted by molar-refractivity contribution is 5.80. The van der Waals surface area contributed by atoms with Crippen molar-refractivity contribution in [1.82, 2.24) is 10.6 Å². The van der Waals surface area contributed by atoms with Gasteiger partial charge in [-0.3, -0.25) is 4.99 Å². The van der Waals surface area contributed by atoms with E-state index in [2.05, 4.69) is 28.6 Å². The van der Waals surface area contributed by atoms with E-state index in [9.17, 15) is 0 Å². The molecule has 2 atom stereocenters. The molecule has 0 aromatic rings. The molecule has 2 rings (SSSR count). The molecule has 96 valence electrons. The Balaban J connectivity index is 1.64. The lowest BCUT2D eigenvalue weighted by Crippen LogP contribution is -2.39. The number of rotatable bonds is 4. The highest BCUT2D eigenvalue weighted by atomic mass is 15.2. The summed E-state index contributed by atoms with van der Waals surface area (Å²) in [6.45, 7) is 3.28. The van der Waals surface area contributed by atoms with Crippen LogP contribution in [-0.2, 0) is 0 Å². The van der Waals surface area contributed by atoms with Crippen LogP contribution in [-0.4, -0.2) is 25.6 Å². The number of aliphatic imine (C=N–C) groups is 1. The molecule has 0 aromatic carbocycles. The van der Waals surface area contributed by atoms with E-state index in [4.69, 9.17) is 0 Å². The van der Waals surface area contributed by atoms with Crippen molar-refractivity contribution in [2.24, 2.45) is 10.9 Å². The van der Waals surface area contributed by atoms with E-state index >= 15 is 0 Å². The first-order chi connectivity index (χ1) is 8.29. The Morgan fingerprint density at radius 3 is 2.88 bits per heavy atom. The van der Waals surface area contributed by atoms with Gasteiger partial charge >= 0.3 is 0 Å². The highest BCUT2D eigenvalue weighted by Gasteiger charge is 2.33. The molecule has 1 fully saturated rings. The molecule has 2 aliphatic carbocycles. The van der Waals surface area contributed by atoms with E-state index in [1.54, 1.807) is 5.57 Å². The Hall–Kier alpha value is -0.990. The van der Waals surface area contributed by atoms with Gasteiger partial charge in [0.25, 0.3) is 0 Å². The first-order valence-electron chi connectivity index (χ1n) is 6.94. The summed E-state index contributed by atoms with van der Waals surface area (Å²) in [4.78, 5) is 4.26. The summed E-state index contributed by atoms with van der Waals surface area (Å²) in [5.74, 6) is 1.78. The zero-order valence-corrected chi connectivity index (χ0v) is 11.1. The van der Waals surface area contributed by atoms with E-state index < -0.39 is 0 Å². The molecular weight excluding hydrogens is 210 g/mol. The minimum Gasteiger partial charge on any atom is -0.356 e. The Morgan fingerprint density at radius 1 is 1.47 bits per heavy atom. The van der Waals surface area contributed by atoms with Gasteiger partial charge < -0.3 is 10.6 Å². The second-order valence-corrected chi connectivity index (χ2v) is 5.32. The predicted molar refractivity (Wildman–Crippen MR) is 73.2 cm³/mol. The second kappa shape index (κ2) is 6.08. The van der Waals surface area contributed by atoms with Gasteiger partial charge in [-0.15, -0.1) is 0 Å². The second-order valence-electron chi connectivity index (χ2n) is 5.32. The molecule has 0 bridgehead atoms. The lowest BCUT2D eigenvalue weighted by atomic mass is 9.97. The lowest BCUT2D eigenvalue weighted by molar-refractivity contribution is 0.664. The van der Waals surface area contributed by atoms with E-state index in [0.717, 1.165) is 18.4 Å². The Bertz CT molecular complexity index is 307. The van der Waals surface area contributed by atoms with Gasteiger partial charge in [0.15, 0.2) is 5.96 Å². The molecule has 0 amide bonds. The first-order valence-corrected chi connectivity index (χ1v) is 6.94. The minimum absolute atomic E-state index is 0.648. The van der Waals surface area contributed by atoms with Crippen LogP contribution in [0.25, 0.3) is 0 Å². The van der Waals surface area contributed by atoms with Crippen molar-refractivity contribution in [3.8, 4) is 0 Å². The standard InChI is InChI=1S/C14H25N3/c1-11-10-13(11)17-14(15-2)16-9-8-12-6-4-3-5-7-12/h6,11,13H,3-5,7-10H2,1-2H3,(H2,15,16,17). The van der Waals surface area contributed by atoms with Crippen LogP contribution in [0.15, 0.2) is 16.6 Å². The van der Waals surface area contributed by atoms with Crippen LogP contribution in [0.4, 0.5) is 0 Å². The molecule has 0 spiro atoms. The molecule has 0 heterocycles. The largest absolute Gasteiger partial charge is 0.356 e. The van der Waals surface area contributed by atoms with Gasteiger partial charge in [0.05, 0.1) is 0 Å². The van der Waals surface area contributed by atoms with Gasteiger partial charge in [0, 0.05) is 19.6 Å². The Morgan fingerprint density at radius 2 is 2.29 bits per heavy atom. The van der Waals surface area contributed by atoms with Gasteiger partial charge in [0.2, 0.25) is 0 Å². The van der Waals surface area contributed by atoms with Crippen LogP contribution in [0, 0.1) is 5.92 Å². The van der Waals surface area contributed by atoms with E-state index in [1.807, 2.05) is 7.05 Å². The van der Waals surface area contributed by atoms with Crippen molar-refractivity contribution in [3.63, 3.8) is 0 Å². The Kier molecular flexibility index (Phi) is 4.46. The van der Waals surface area contributed by atoms with Crippen LogP contribution in [0.1, 0.15) is 45.4 Å². The minimum atomic E-state index is 0.648. The number of nitrogens with one attached hydrogen (secondary N) is 2. The number of allylic oxidation sites excluding steroid dienone is 1. The van der Waals surface area contributed by atoms with E-state index in [-0.39, 0.29) is 0 Å². The third kappa shape index (κ3) is 4.06. The average Bonchev–Trinajstić information content (AvgIpc) is 3.05. The summed E-state index contributed by atoms with van der Waals surface area (Å²) in [5, 5.41) is 6.85. The van der Waals surface area contributed by atoms with Crippen molar-refractivity contribution in [2.75, 3.05) is 13.6 Å². The maximum absolute atomic E-state index is 4.26. The molecule has 0 radical (unpaired) electrons. The van der Waals surface area contributed by atoms with Crippen LogP contribution >= 0.6 is 0 Å². The third-order valence-electron chi connectivity index (χ3n) is 3.78. The van der Waals surface area contributed by atoms with Crippen LogP contribution in [0.2, 0.25) is 0 Å². The maximum atomic E-state index is 4.26. The summed E-state index contributed by atoms with van der Waals surface area (Å²) in [5.41, 5.74) is 1.62. The quantitative estimate of drug-likeness (QED) is 0.446. The smallest absolute Gasteiger partial charge is 0.191 e. The summed E-state index contributed by atoms with van der Waals surface area (Å²) >= 11 is 0. The fraction of sp³-hybridized carbons (Fsp3) is 0.786. The monoisotopic (exact) mass is 235 g/mol. The van der Waals surface area contributed by atoms with Crippen molar-refractivity contribution in [3.05, 3.63) is 11.6 Å². The average molecular weight is 235 g/mol. The molecule has 2 unspecified atom stereocenters. The van der Waals surface area contributed by atoms with Crippen LogP contribution in [0.3, 0.4) is 0 Å². The third-order valence-corrected chi connectivity index (χ3v) is 3.78. The van der Waals surface area contributed by atoms with Crippen molar-refractivity contribution >= 4 is 5.96 Å². The molecule has 0 aromatic heterocycles. The first kappa shape index (κ1) is 12.5. The molecule has 0 aliphatic heterocycles. The molecule has 17 heavy (non-hydrogen) atoms. The van der Waals surface area contributed by atoms with Gasteiger partial charge in [-0.2, -0.15) is 0 Å². The summed E-state index contributed by atoms with van der Waals surface area (Å²) in [6.07, 6.45) is 10.2. The fourth-order valence-electron chi connectivity index (χ4n) is 2.37. The predicted octanol–water partition coefficient (Wildman–Crippen LogP) is 2.45. The van der Waals surface area contributed by atoms with Gasteiger partial charge in [0.1, 0.15) is 0 Å². The van der Waals surface area contributed by atoms with Gasteiger partial charge in [-0.25, -0.2) is 0 Å². The zero-order chi connectivity index (χ0) is 12.1. The lowest BCUT2D eigenvalue weighted by Gasteiger charge is -2.15. The normalized spacial score (nSPS) is 28.6. The van der Waals surface area contributed by atoms with Crippen molar-refractivity contribution in [2.45, 2.75) is 51.5 Å². The molecule has 3 nitrogen and oxygen atoms in total. The molecule has 1 saturated carbocycles. The molecule has 3 heteroatoms. The fourth-order valence-corrected chi connectivity index (χ4v) is 2.37. The van der Waals surface area contributed by atoms with Crippen LogP contribution < -0.4 is 10.6 Å². The van der Waals surface area contributed by atoms with Crippen molar-refractivity contribution in [1.29, 1.82) is 0 Å². The van der Waals surface area contributed by atoms with Gasteiger partial charge in [-0.1, -0.05) is 18.6 Å². The number of nitrogens with zero attached hydrogens (tertiary/aromatic N) is 1. The number of guanidine groups is 1. The molecular formula is C14H25N3. The SMILES string of the molecule is CN=C(NCCC1=CCCCC1)NC1CC1C. The van der Waals surface area contributed by atoms with E-state index in [0.29, 0.717) is 6.04 Å².